The molecule has 0 aliphatic rings. The minimum absolute atomic E-state index is 0.0263. The van der Waals surface area contributed by atoms with E-state index in [0.29, 0.717) is 13.0 Å². The molecule has 2 amide bonds. The second-order valence-corrected chi connectivity index (χ2v) is 5.37. The summed E-state index contributed by atoms with van der Waals surface area (Å²) in [7, 11) is 1.68. The number of hydrogen-bond donors (Lipinski definition) is 2. The van der Waals surface area contributed by atoms with Gasteiger partial charge in [0.05, 0.1) is 5.92 Å². The van der Waals surface area contributed by atoms with Gasteiger partial charge in [-0.3, -0.25) is 9.78 Å². The molecule has 1 aromatic heterocycles. The second-order valence-electron chi connectivity index (χ2n) is 5.37. The molecule has 6 nitrogen and oxygen atoms in total. The third kappa shape index (κ3) is 5.81. The first-order valence-corrected chi connectivity index (χ1v) is 7.03. The van der Waals surface area contributed by atoms with Crippen molar-refractivity contribution < 1.29 is 14.7 Å². The van der Waals surface area contributed by atoms with E-state index in [2.05, 4.69) is 10.3 Å². The van der Waals surface area contributed by atoms with Crippen LogP contribution >= 0.6 is 0 Å². The molecule has 21 heavy (non-hydrogen) atoms. The van der Waals surface area contributed by atoms with Crippen molar-refractivity contribution in [3.05, 3.63) is 30.1 Å². The summed E-state index contributed by atoms with van der Waals surface area (Å²) in [5, 5.41) is 11.7. The van der Waals surface area contributed by atoms with Crippen LogP contribution in [0.5, 0.6) is 0 Å². The molecule has 1 heterocycles. The molecule has 0 aliphatic heterocycles. The summed E-state index contributed by atoms with van der Waals surface area (Å²) >= 11 is 0. The van der Waals surface area contributed by atoms with Crippen molar-refractivity contribution in [2.24, 2.45) is 11.8 Å². The fraction of sp³-hybridized carbons (Fsp3) is 0.533. The zero-order chi connectivity index (χ0) is 15.8. The largest absolute Gasteiger partial charge is 0.481 e. The zero-order valence-corrected chi connectivity index (χ0v) is 12.7. The summed E-state index contributed by atoms with van der Waals surface area (Å²) in [6, 6.07) is 5.39. The number of hydrogen-bond acceptors (Lipinski definition) is 3. The Morgan fingerprint density at radius 1 is 1.38 bits per heavy atom. The first-order valence-electron chi connectivity index (χ1n) is 7.03. The predicted octanol–water partition coefficient (Wildman–Crippen LogP) is 1.62. The first kappa shape index (κ1) is 16.9. The Bertz CT molecular complexity index is 462. The Kier molecular flexibility index (Phi) is 6.65. The van der Waals surface area contributed by atoms with Gasteiger partial charge in [0, 0.05) is 38.4 Å². The molecular weight excluding hydrogens is 270 g/mol. The number of nitrogens with zero attached hydrogens (tertiary/aromatic N) is 2. The number of carbonyl (C=O) groups excluding carboxylic acids is 1. The van der Waals surface area contributed by atoms with Gasteiger partial charge in [-0.15, -0.1) is 0 Å². The summed E-state index contributed by atoms with van der Waals surface area (Å²) < 4.78 is 0. The van der Waals surface area contributed by atoms with E-state index >= 15 is 0 Å². The molecule has 0 aliphatic carbocycles. The highest BCUT2D eigenvalue weighted by Gasteiger charge is 2.22. The van der Waals surface area contributed by atoms with Crippen LogP contribution in [0.25, 0.3) is 0 Å². The van der Waals surface area contributed by atoms with Crippen LogP contribution < -0.4 is 5.32 Å². The fourth-order valence-corrected chi connectivity index (χ4v) is 1.87. The van der Waals surface area contributed by atoms with Crippen molar-refractivity contribution in [2.45, 2.75) is 20.3 Å². The standard InChI is InChI=1S/C15H23N3O3/c1-11(2)13(14(19)20)10-17-15(21)18(3)9-7-12-6-4-5-8-16-12/h4-6,8,11,13H,7,9-10H2,1-3H3,(H,17,21)(H,19,20). The van der Waals surface area contributed by atoms with Crippen molar-refractivity contribution in [2.75, 3.05) is 20.1 Å². The normalized spacial score (nSPS) is 12.0. The van der Waals surface area contributed by atoms with Crippen LogP contribution in [0.15, 0.2) is 24.4 Å². The summed E-state index contributed by atoms with van der Waals surface area (Å²) in [6.45, 7) is 4.33. The molecule has 1 unspecified atom stereocenters. The van der Waals surface area contributed by atoms with Gasteiger partial charge >= 0.3 is 12.0 Å². The summed E-state index contributed by atoms with van der Waals surface area (Å²) in [5.41, 5.74) is 0.919. The molecule has 1 aromatic rings. The van der Waals surface area contributed by atoms with Gasteiger partial charge in [0.25, 0.3) is 0 Å². The fourth-order valence-electron chi connectivity index (χ4n) is 1.87. The Morgan fingerprint density at radius 3 is 2.62 bits per heavy atom. The number of amides is 2. The number of nitrogens with one attached hydrogen (secondary N) is 1. The van der Waals surface area contributed by atoms with Crippen LogP contribution in [-0.2, 0) is 11.2 Å². The van der Waals surface area contributed by atoms with E-state index in [1.165, 1.54) is 4.90 Å². The highest BCUT2D eigenvalue weighted by Crippen LogP contribution is 2.09. The number of carboxylic acids is 1. The number of pyridine rings is 1. The van der Waals surface area contributed by atoms with E-state index in [4.69, 9.17) is 5.11 Å². The SMILES string of the molecule is CC(C)C(CNC(=O)N(C)CCc1ccccn1)C(=O)O. The van der Waals surface area contributed by atoms with Crippen LogP contribution in [0, 0.1) is 11.8 Å². The van der Waals surface area contributed by atoms with E-state index in [1.54, 1.807) is 13.2 Å². The smallest absolute Gasteiger partial charge is 0.317 e. The number of carbonyl (C=O) groups is 2. The first-order chi connectivity index (χ1) is 9.91. The van der Waals surface area contributed by atoms with E-state index < -0.39 is 11.9 Å². The summed E-state index contributed by atoms with van der Waals surface area (Å²) in [4.78, 5) is 28.7. The Labute approximate surface area is 125 Å². The lowest BCUT2D eigenvalue weighted by molar-refractivity contribution is -0.142. The average molecular weight is 293 g/mol. The van der Waals surface area contributed by atoms with Crippen LogP contribution in [0.3, 0.4) is 0 Å². The van der Waals surface area contributed by atoms with E-state index in [1.807, 2.05) is 32.0 Å². The number of carboxylic acid groups (broad SMARTS) is 1. The molecule has 0 radical (unpaired) electrons. The van der Waals surface area contributed by atoms with Crippen LogP contribution in [-0.4, -0.2) is 47.1 Å². The molecule has 0 bridgehead atoms. The maximum atomic E-state index is 11.9. The topological polar surface area (TPSA) is 82.5 Å². The second kappa shape index (κ2) is 8.24. The molecule has 2 N–H and O–H groups in total. The predicted molar refractivity (Wildman–Crippen MR) is 79.9 cm³/mol. The quantitative estimate of drug-likeness (QED) is 0.800. The molecule has 116 valence electrons. The molecular formula is C15H23N3O3. The lowest BCUT2D eigenvalue weighted by Crippen LogP contribution is -2.42. The molecule has 0 fully saturated rings. The van der Waals surface area contributed by atoms with Gasteiger partial charge in [-0.2, -0.15) is 0 Å². The monoisotopic (exact) mass is 293 g/mol. The maximum Gasteiger partial charge on any atom is 0.317 e. The average Bonchev–Trinajstić information content (AvgIpc) is 2.45. The number of urea groups is 1. The van der Waals surface area contributed by atoms with Gasteiger partial charge in [0.1, 0.15) is 0 Å². The zero-order valence-electron chi connectivity index (χ0n) is 12.7. The third-order valence-electron chi connectivity index (χ3n) is 3.37. The van der Waals surface area contributed by atoms with Crippen molar-refractivity contribution in [3.63, 3.8) is 0 Å². The lowest BCUT2D eigenvalue weighted by atomic mass is 9.96. The van der Waals surface area contributed by atoms with Gasteiger partial charge in [0.15, 0.2) is 0 Å². The van der Waals surface area contributed by atoms with Crippen molar-refractivity contribution in [1.82, 2.24) is 15.2 Å². The van der Waals surface area contributed by atoms with Gasteiger partial charge in [-0.05, 0) is 18.1 Å². The number of rotatable bonds is 7. The van der Waals surface area contributed by atoms with Crippen molar-refractivity contribution in [3.8, 4) is 0 Å². The Hall–Kier alpha value is -2.11. The van der Waals surface area contributed by atoms with Crippen molar-refractivity contribution >= 4 is 12.0 Å². The van der Waals surface area contributed by atoms with Gasteiger partial charge in [0.2, 0.25) is 0 Å². The third-order valence-corrected chi connectivity index (χ3v) is 3.37. The maximum absolute atomic E-state index is 11.9. The minimum Gasteiger partial charge on any atom is -0.481 e. The molecule has 0 spiro atoms. The van der Waals surface area contributed by atoms with E-state index in [-0.39, 0.29) is 18.5 Å². The minimum atomic E-state index is -0.888. The van der Waals surface area contributed by atoms with Gasteiger partial charge < -0.3 is 15.3 Å². The van der Waals surface area contributed by atoms with Crippen molar-refractivity contribution in [1.29, 1.82) is 0 Å². The Morgan fingerprint density at radius 2 is 2.10 bits per heavy atom. The molecule has 0 saturated heterocycles. The van der Waals surface area contributed by atoms with E-state index in [0.717, 1.165) is 5.69 Å². The molecule has 0 aromatic carbocycles. The summed E-state index contributed by atoms with van der Waals surface area (Å²) in [6.07, 6.45) is 2.38. The highest BCUT2D eigenvalue weighted by atomic mass is 16.4. The van der Waals surface area contributed by atoms with E-state index in [9.17, 15) is 9.59 Å². The number of aromatic nitrogens is 1. The molecule has 6 heteroatoms. The number of likely N-dealkylation sites (N-methyl/N-ethyl adjacent to an activating group) is 1. The molecule has 1 rings (SSSR count). The molecule has 0 saturated carbocycles. The lowest BCUT2D eigenvalue weighted by Gasteiger charge is -2.21. The summed E-state index contributed by atoms with van der Waals surface area (Å²) in [5.74, 6) is -1.48. The van der Waals surface area contributed by atoms with Gasteiger partial charge in [-0.1, -0.05) is 19.9 Å². The molecule has 1 atom stereocenters. The highest BCUT2D eigenvalue weighted by molar-refractivity contribution is 5.75. The van der Waals surface area contributed by atoms with Crippen LogP contribution in [0.2, 0.25) is 0 Å². The van der Waals surface area contributed by atoms with Gasteiger partial charge in [-0.25, -0.2) is 4.79 Å². The Balaban J connectivity index is 2.39. The number of aliphatic carboxylic acids is 1. The van der Waals surface area contributed by atoms with Crippen LogP contribution in [0.1, 0.15) is 19.5 Å². The van der Waals surface area contributed by atoms with Crippen LogP contribution in [0.4, 0.5) is 4.79 Å².